The first-order valence-corrected chi connectivity index (χ1v) is 10.6. The van der Waals surface area contributed by atoms with E-state index < -0.39 is 0 Å². The Kier molecular flexibility index (Phi) is 5.12. The summed E-state index contributed by atoms with van der Waals surface area (Å²) >= 11 is 0. The van der Waals surface area contributed by atoms with E-state index in [2.05, 4.69) is 44.9 Å². The fourth-order valence-corrected chi connectivity index (χ4v) is 4.66. The van der Waals surface area contributed by atoms with Gasteiger partial charge in [0.2, 0.25) is 0 Å². The van der Waals surface area contributed by atoms with E-state index in [1.165, 1.54) is 25.9 Å². The van der Waals surface area contributed by atoms with Gasteiger partial charge in [-0.25, -0.2) is 9.97 Å². The second kappa shape index (κ2) is 8.05. The quantitative estimate of drug-likeness (QED) is 0.688. The Labute approximate surface area is 172 Å². The number of aromatic nitrogens is 3. The molecule has 2 aliphatic heterocycles. The summed E-state index contributed by atoms with van der Waals surface area (Å²) in [5.74, 6) is 1.80. The molecule has 0 N–H and O–H groups in total. The Balaban J connectivity index is 1.41. The molecule has 0 amide bonds. The lowest BCUT2D eigenvalue weighted by atomic mass is 10.0. The van der Waals surface area contributed by atoms with Crippen LogP contribution in [0, 0.1) is 0 Å². The molecule has 2 aliphatic rings. The number of piperazine rings is 1. The number of pyridine rings is 1. The van der Waals surface area contributed by atoms with Crippen LogP contribution in [0.25, 0.3) is 22.3 Å². The van der Waals surface area contributed by atoms with Crippen molar-refractivity contribution >= 4 is 16.7 Å². The second-order valence-electron chi connectivity index (χ2n) is 8.21. The molecule has 4 heterocycles. The van der Waals surface area contributed by atoms with Crippen molar-refractivity contribution < 1.29 is 0 Å². The van der Waals surface area contributed by atoms with E-state index in [0.29, 0.717) is 6.04 Å². The van der Waals surface area contributed by atoms with Crippen LogP contribution in [0.2, 0.25) is 0 Å². The van der Waals surface area contributed by atoms with Gasteiger partial charge in [-0.2, -0.15) is 0 Å². The average Bonchev–Trinajstić information content (AvgIpc) is 2.79. The second-order valence-corrected chi connectivity index (χ2v) is 8.21. The summed E-state index contributed by atoms with van der Waals surface area (Å²) in [6.07, 6.45) is 6.26. The van der Waals surface area contributed by atoms with Crippen LogP contribution in [0.15, 0.2) is 48.8 Å². The highest BCUT2D eigenvalue weighted by molar-refractivity contribution is 5.91. The number of rotatable bonds is 3. The van der Waals surface area contributed by atoms with Crippen LogP contribution < -0.4 is 4.90 Å². The van der Waals surface area contributed by atoms with Crippen molar-refractivity contribution in [2.45, 2.75) is 18.9 Å². The monoisotopic (exact) mass is 388 g/mol. The van der Waals surface area contributed by atoms with Gasteiger partial charge in [0, 0.05) is 62.1 Å². The lowest BCUT2D eigenvalue weighted by molar-refractivity contribution is 0.106. The molecule has 150 valence electrons. The topological polar surface area (TPSA) is 48.4 Å². The number of para-hydroxylation sites is 1. The lowest BCUT2D eigenvalue weighted by Crippen LogP contribution is -2.54. The molecule has 1 unspecified atom stereocenters. The molecule has 0 spiro atoms. The molecule has 5 rings (SSSR count). The van der Waals surface area contributed by atoms with Gasteiger partial charge in [-0.05, 0) is 50.7 Å². The van der Waals surface area contributed by atoms with E-state index in [9.17, 15) is 0 Å². The van der Waals surface area contributed by atoms with Crippen molar-refractivity contribution in [3.63, 3.8) is 0 Å². The van der Waals surface area contributed by atoms with E-state index in [1.807, 2.05) is 24.4 Å². The Hall–Kier alpha value is -2.57. The van der Waals surface area contributed by atoms with Crippen molar-refractivity contribution in [1.82, 2.24) is 24.8 Å². The maximum atomic E-state index is 4.99. The van der Waals surface area contributed by atoms with Crippen molar-refractivity contribution in [1.29, 1.82) is 0 Å². The number of nitrogens with zero attached hydrogens (tertiary/aromatic N) is 6. The Morgan fingerprint density at radius 2 is 1.79 bits per heavy atom. The van der Waals surface area contributed by atoms with Crippen molar-refractivity contribution in [2.24, 2.45) is 0 Å². The van der Waals surface area contributed by atoms with Gasteiger partial charge in [-0.3, -0.25) is 9.88 Å². The van der Waals surface area contributed by atoms with E-state index >= 15 is 0 Å². The number of likely N-dealkylation sites (tertiary alicyclic amines) is 1. The summed E-state index contributed by atoms with van der Waals surface area (Å²) in [5, 5.41) is 1.13. The molecule has 2 fully saturated rings. The van der Waals surface area contributed by atoms with Crippen molar-refractivity contribution in [2.75, 3.05) is 51.2 Å². The Bertz CT molecular complexity index is 968. The minimum absolute atomic E-state index is 0.698. The van der Waals surface area contributed by atoms with Crippen LogP contribution in [0.1, 0.15) is 12.8 Å². The molecule has 2 aromatic heterocycles. The van der Waals surface area contributed by atoms with Gasteiger partial charge in [0.05, 0.1) is 5.52 Å². The van der Waals surface area contributed by atoms with Crippen LogP contribution in [0.3, 0.4) is 0 Å². The first kappa shape index (κ1) is 18.5. The number of piperidine rings is 1. The maximum absolute atomic E-state index is 4.99. The molecule has 1 atom stereocenters. The summed E-state index contributed by atoms with van der Waals surface area (Å²) in [6, 6.07) is 13.0. The number of hydrogen-bond acceptors (Lipinski definition) is 6. The number of fused-ring (bicyclic) bond motifs is 1. The zero-order chi connectivity index (χ0) is 19.6. The number of anilines is 1. The summed E-state index contributed by atoms with van der Waals surface area (Å²) < 4.78 is 0. The molecule has 2 saturated heterocycles. The van der Waals surface area contributed by atoms with Gasteiger partial charge in [-0.15, -0.1) is 0 Å². The van der Waals surface area contributed by atoms with Gasteiger partial charge < -0.3 is 9.80 Å². The van der Waals surface area contributed by atoms with E-state index in [0.717, 1.165) is 54.3 Å². The SMILES string of the molecule is CN1CCCC(N2CCN(c3nc(-c4cccnc4)nc4ccccc34)CC2)C1. The summed E-state index contributed by atoms with van der Waals surface area (Å²) in [6.45, 7) is 6.64. The lowest BCUT2D eigenvalue weighted by Gasteiger charge is -2.43. The van der Waals surface area contributed by atoms with E-state index in [4.69, 9.17) is 9.97 Å². The van der Waals surface area contributed by atoms with Gasteiger partial charge in [-0.1, -0.05) is 12.1 Å². The summed E-state index contributed by atoms with van der Waals surface area (Å²) in [7, 11) is 2.25. The zero-order valence-corrected chi connectivity index (χ0v) is 17.0. The molecule has 6 heteroatoms. The molecule has 6 nitrogen and oxygen atoms in total. The summed E-state index contributed by atoms with van der Waals surface area (Å²) in [5.41, 5.74) is 1.95. The highest BCUT2D eigenvalue weighted by Gasteiger charge is 2.28. The minimum Gasteiger partial charge on any atom is -0.353 e. The van der Waals surface area contributed by atoms with Gasteiger partial charge in [0.15, 0.2) is 5.82 Å². The first-order chi connectivity index (χ1) is 14.3. The number of benzene rings is 1. The van der Waals surface area contributed by atoms with Crippen LogP contribution in [0.4, 0.5) is 5.82 Å². The zero-order valence-electron chi connectivity index (χ0n) is 17.0. The van der Waals surface area contributed by atoms with Gasteiger partial charge in [0.1, 0.15) is 5.82 Å². The van der Waals surface area contributed by atoms with Crippen LogP contribution in [-0.4, -0.2) is 77.1 Å². The number of likely N-dealkylation sites (N-methyl/N-ethyl adjacent to an activating group) is 1. The molecule has 0 radical (unpaired) electrons. The highest BCUT2D eigenvalue weighted by Crippen LogP contribution is 2.28. The fraction of sp³-hybridized carbons (Fsp3) is 0.435. The molecular weight excluding hydrogens is 360 g/mol. The Morgan fingerprint density at radius 3 is 2.59 bits per heavy atom. The molecular formula is C23H28N6. The molecule has 3 aromatic rings. The Morgan fingerprint density at radius 1 is 0.931 bits per heavy atom. The predicted molar refractivity (Wildman–Crippen MR) is 117 cm³/mol. The first-order valence-electron chi connectivity index (χ1n) is 10.6. The maximum Gasteiger partial charge on any atom is 0.163 e. The van der Waals surface area contributed by atoms with E-state index in [1.54, 1.807) is 6.20 Å². The average molecular weight is 389 g/mol. The third-order valence-corrected chi connectivity index (χ3v) is 6.23. The van der Waals surface area contributed by atoms with Gasteiger partial charge in [0.25, 0.3) is 0 Å². The smallest absolute Gasteiger partial charge is 0.163 e. The minimum atomic E-state index is 0.698. The molecule has 1 aromatic carbocycles. The largest absolute Gasteiger partial charge is 0.353 e. The molecule has 29 heavy (non-hydrogen) atoms. The molecule has 0 saturated carbocycles. The molecule has 0 aliphatic carbocycles. The van der Waals surface area contributed by atoms with Crippen molar-refractivity contribution in [3.05, 3.63) is 48.8 Å². The predicted octanol–water partition coefficient (Wildman–Crippen LogP) is 2.91. The normalized spacial score (nSPS) is 21.6. The van der Waals surface area contributed by atoms with Crippen LogP contribution >= 0.6 is 0 Å². The van der Waals surface area contributed by atoms with E-state index in [-0.39, 0.29) is 0 Å². The van der Waals surface area contributed by atoms with Crippen molar-refractivity contribution in [3.8, 4) is 11.4 Å². The fourth-order valence-electron chi connectivity index (χ4n) is 4.66. The highest BCUT2D eigenvalue weighted by atomic mass is 15.3. The van der Waals surface area contributed by atoms with Crippen LogP contribution in [0.5, 0.6) is 0 Å². The van der Waals surface area contributed by atoms with Gasteiger partial charge >= 0.3 is 0 Å². The number of hydrogen-bond donors (Lipinski definition) is 0. The summed E-state index contributed by atoms with van der Waals surface area (Å²) in [4.78, 5) is 21.6. The third-order valence-electron chi connectivity index (χ3n) is 6.23. The standard InChI is InChI=1S/C23H28N6/c1-27-11-5-7-19(17-27)28-12-14-29(15-13-28)23-20-8-2-3-9-21(20)25-22(26-23)18-6-4-10-24-16-18/h2-4,6,8-10,16,19H,5,7,11-15,17H2,1H3. The van der Waals surface area contributed by atoms with Crippen LogP contribution in [-0.2, 0) is 0 Å². The third kappa shape index (κ3) is 3.82. The molecule has 0 bridgehead atoms.